The fourth-order valence-electron chi connectivity index (χ4n) is 4.67. The van der Waals surface area contributed by atoms with Crippen molar-refractivity contribution in [1.29, 1.82) is 0 Å². The predicted octanol–water partition coefficient (Wildman–Crippen LogP) is 7.15. The van der Waals surface area contributed by atoms with E-state index in [0.29, 0.717) is 5.75 Å². The topological polar surface area (TPSA) is 32.7 Å². The van der Waals surface area contributed by atoms with E-state index in [4.69, 9.17) is 4.74 Å². The van der Waals surface area contributed by atoms with Crippen molar-refractivity contribution in [3.8, 4) is 11.5 Å². The van der Waals surface area contributed by atoms with Crippen molar-refractivity contribution < 1.29 is 9.84 Å². The number of ether oxygens (including phenoxy) is 1. The second-order valence-electron chi connectivity index (χ2n) is 9.22. The van der Waals surface area contributed by atoms with Gasteiger partial charge in [-0.3, -0.25) is 4.90 Å². The van der Waals surface area contributed by atoms with Gasteiger partial charge in [-0.15, -0.1) is 0 Å². The number of rotatable bonds is 6. The first-order chi connectivity index (χ1) is 16.7. The molecule has 0 unspecified atom stereocenters. The standard InChI is InChI=1S/C15H23NO.C10H12O.C6H6/c1-2-6-14-9-10-16(13-14)11-12-17-15-7-4-3-5-8-15;11-10-6-5-8-3-1-2-4-9(8)7-10;1-2-4-6-5-3-1/h3-5,7-8,14H,2,6,9-13H2,1H3;5-7,11H,1-4H2;1-6H/t14-;;/m1../s1. The first kappa shape index (κ1) is 25.8. The molecular weight excluding hydrogens is 418 g/mol. The van der Waals surface area contributed by atoms with Gasteiger partial charge in [-0.1, -0.05) is 74.0 Å². The van der Waals surface area contributed by atoms with E-state index < -0.39 is 0 Å². The molecule has 0 bridgehead atoms. The van der Waals surface area contributed by atoms with E-state index in [-0.39, 0.29) is 0 Å². The molecule has 1 aliphatic heterocycles. The van der Waals surface area contributed by atoms with Crippen LogP contribution in [0.5, 0.6) is 11.5 Å². The molecule has 5 rings (SSSR count). The van der Waals surface area contributed by atoms with Crippen LogP contribution in [0.25, 0.3) is 0 Å². The van der Waals surface area contributed by atoms with Crippen molar-refractivity contribution in [1.82, 2.24) is 4.90 Å². The van der Waals surface area contributed by atoms with Crippen molar-refractivity contribution in [2.45, 2.75) is 51.9 Å². The van der Waals surface area contributed by atoms with Crippen LogP contribution >= 0.6 is 0 Å². The summed E-state index contributed by atoms with van der Waals surface area (Å²) in [4.78, 5) is 2.53. The fourth-order valence-corrected chi connectivity index (χ4v) is 4.67. The van der Waals surface area contributed by atoms with Gasteiger partial charge in [-0.05, 0) is 86.4 Å². The highest BCUT2D eigenvalue weighted by molar-refractivity contribution is 5.36. The molecule has 3 aromatic carbocycles. The number of phenolic OH excluding ortho intramolecular Hbond substituents is 1. The highest BCUT2D eigenvalue weighted by Crippen LogP contribution is 2.24. The average molecular weight is 460 g/mol. The molecule has 0 spiro atoms. The molecule has 1 fully saturated rings. The smallest absolute Gasteiger partial charge is 0.119 e. The van der Waals surface area contributed by atoms with Gasteiger partial charge in [-0.2, -0.15) is 0 Å². The Morgan fingerprint density at radius 2 is 1.50 bits per heavy atom. The zero-order valence-electron chi connectivity index (χ0n) is 20.7. The summed E-state index contributed by atoms with van der Waals surface area (Å²) in [7, 11) is 0. The van der Waals surface area contributed by atoms with Gasteiger partial charge < -0.3 is 9.84 Å². The number of aromatic hydroxyl groups is 1. The zero-order valence-corrected chi connectivity index (χ0v) is 20.7. The summed E-state index contributed by atoms with van der Waals surface area (Å²) in [5, 5.41) is 9.19. The van der Waals surface area contributed by atoms with E-state index >= 15 is 0 Å². The number of phenols is 1. The SMILES string of the molecule is CCC[C@@H]1CCN(CCOc2ccccc2)C1.Oc1ccc2c(c1)CCCC2.c1ccccc1. The third-order valence-corrected chi connectivity index (χ3v) is 6.49. The number of likely N-dealkylation sites (tertiary alicyclic amines) is 1. The predicted molar refractivity (Wildman–Crippen MR) is 143 cm³/mol. The van der Waals surface area contributed by atoms with E-state index in [1.54, 1.807) is 6.07 Å². The van der Waals surface area contributed by atoms with Gasteiger partial charge in [-0.25, -0.2) is 0 Å². The molecular formula is C31H41NO2. The molecule has 182 valence electrons. The van der Waals surface area contributed by atoms with Crippen LogP contribution < -0.4 is 4.74 Å². The second kappa shape index (κ2) is 15.2. The van der Waals surface area contributed by atoms with Crippen LogP contribution in [0.1, 0.15) is 50.2 Å². The maximum absolute atomic E-state index is 9.19. The highest BCUT2D eigenvalue weighted by Gasteiger charge is 2.21. The molecule has 1 saturated heterocycles. The van der Waals surface area contributed by atoms with Gasteiger partial charge in [0.05, 0.1) is 0 Å². The monoisotopic (exact) mass is 459 g/mol. The minimum absolute atomic E-state index is 0.408. The van der Waals surface area contributed by atoms with Crippen molar-refractivity contribution in [2.75, 3.05) is 26.2 Å². The Hall–Kier alpha value is -2.78. The molecule has 1 atom stereocenters. The quantitative estimate of drug-likeness (QED) is 0.425. The van der Waals surface area contributed by atoms with Gasteiger partial charge in [0, 0.05) is 13.1 Å². The van der Waals surface area contributed by atoms with Gasteiger partial charge in [0.1, 0.15) is 18.1 Å². The second-order valence-corrected chi connectivity index (χ2v) is 9.22. The summed E-state index contributed by atoms with van der Waals surface area (Å²) in [6.07, 6.45) is 8.99. The molecule has 3 heteroatoms. The average Bonchev–Trinajstić information content (AvgIpc) is 3.34. The van der Waals surface area contributed by atoms with Crippen molar-refractivity contribution in [3.05, 3.63) is 96.1 Å². The molecule has 1 N–H and O–H groups in total. The summed E-state index contributed by atoms with van der Waals surface area (Å²) < 4.78 is 5.72. The van der Waals surface area contributed by atoms with Crippen LogP contribution in [-0.4, -0.2) is 36.2 Å². The van der Waals surface area contributed by atoms with Gasteiger partial charge >= 0.3 is 0 Å². The van der Waals surface area contributed by atoms with Crippen molar-refractivity contribution in [2.24, 2.45) is 5.92 Å². The maximum Gasteiger partial charge on any atom is 0.119 e. The number of benzene rings is 3. The number of para-hydroxylation sites is 1. The number of hydrogen-bond donors (Lipinski definition) is 1. The number of fused-ring (bicyclic) bond motifs is 1. The highest BCUT2D eigenvalue weighted by atomic mass is 16.5. The minimum atomic E-state index is 0.408. The van der Waals surface area contributed by atoms with Gasteiger partial charge in [0.15, 0.2) is 0 Å². The van der Waals surface area contributed by atoms with E-state index in [9.17, 15) is 5.11 Å². The first-order valence-corrected chi connectivity index (χ1v) is 13.0. The summed E-state index contributed by atoms with van der Waals surface area (Å²) >= 11 is 0. The van der Waals surface area contributed by atoms with Crippen LogP contribution in [0.3, 0.4) is 0 Å². The molecule has 0 aromatic heterocycles. The number of hydrogen-bond acceptors (Lipinski definition) is 3. The zero-order chi connectivity index (χ0) is 23.8. The molecule has 3 nitrogen and oxygen atoms in total. The lowest BCUT2D eigenvalue weighted by molar-refractivity contribution is 0.232. The Morgan fingerprint density at radius 1 is 0.853 bits per heavy atom. The Kier molecular flexibility index (Phi) is 11.5. The van der Waals surface area contributed by atoms with Gasteiger partial charge in [0.25, 0.3) is 0 Å². The number of aryl methyl sites for hydroxylation is 2. The van der Waals surface area contributed by atoms with Crippen LogP contribution in [0.15, 0.2) is 84.9 Å². The Morgan fingerprint density at radius 3 is 2.18 bits per heavy atom. The third-order valence-electron chi connectivity index (χ3n) is 6.49. The van der Waals surface area contributed by atoms with Gasteiger partial charge in [0.2, 0.25) is 0 Å². The lowest BCUT2D eigenvalue weighted by Gasteiger charge is -2.16. The largest absolute Gasteiger partial charge is 0.508 e. The minimum Gasteiger partial charge on any atom is -0.508 e. The van der Waals surface area contributed by atoms with Crippen LogP contribution in [-0.2, 0) is 12.8 Å². The summed E-state index contributed by atoms with van der Waals surface area (Å²) in [5.74, 6) is 2.32. The van der Waals surface area contributed by atoms with Crippen molar-refractivity contribution >= 4 is 0 Å². The molecule has 1 aliphatic carbocycles. The Bertz CT molecular complexity index is 887. The summed E-state index contributed by atoms with van der Waals surface area (Å²) in [6, 6.07) is 27.8. The molecule has 1 heterocycles. The van der Waals surface area contributed by atoms with Crippen LogP contribution in [0.4, 0.5) is 0 Å². The Labute approximate surface area is 206 Å². The molecule has 0 radical (unpaired) electrons. The van der Waals surface area contributed by atoms with E-state index in [2.05, 4.69) is 11.8 Å². The lowest BCUT2D eigenvalue weighted by atomic mass is 9.92. The normalized spacial score (nSPS) is 16.9. The van der Waals surface area contributed by atoms with E-state index in [1.807, 2.05) is 78.9 Å². The third kappa shape index (κ3) is 9.61. The maximum atomic E-state index is 9.19. The fraction of sp³-hybridized carbons (Fsp3) is 0.419. The molecule has 3 aromatic rings. The van der Waals surface area contributed by atoms with Crippen LogP contribution in [0.2, 0.25) is 0 Å². The van der Waals surface area contributed by atoms with E-state index in [0.717, 1.165) is 31.2 Å². The molecule has 0 saturated carbocycles. The number of nitrogens with zero attached hydrogens (tertiary/aromatic N) is 1. The van der Waals surface area contributed by atoms with Crippen molar-refractivity contribution in [3.63, 3.8) is 0 Å². The van der Waals surface area contributed by atoms with Crippen LogP contribution in [0, 0.1) is 5.92 Å². The molecule has 34 heavy (non-hydrogen) atoms. The molecule has 2 aliphatic rings. The summed E-state index contributed by atoms with van der Waals surface area (Å²) in [6.45, 7) is 6.67. The lowest BCUT2D eigenvalue weighted by Crippen LogP contribution is -2.26. The Balaban J connectivity index is 0.000000162. The molecule has 0 amide bonds. The summed E-state index contributed by atoms with van der Waals surface area (Å²) in [5.41, 5.74) is 2.77. The first-order valence-electron chi connectivity index (χ1n) is 13.0. The van der Waals surface area contributed by atoms with E-state index in [1.165, 1.54) is 62.7 Å².